The lowest BCUT2D eigenvalue weighted by molar-refractivity contribution is -0.492. The Morgan fingerprint density at radius 1 is 0.977 bits per heavy atom. The Balaban J connectivity index is 1.76. The van der Waals surface area contributed by atoms with Gasteiger partial charge in [-0.2, -0.15) is 4.98 Å². The molecule has 44 heavy (non-hydrogen) atoms. The molecule has 2 aromatic carbocycles. The third-order valence-electron chi connectivity index (χ3n) is 5.72. The van der Waals surface area contributed by atoms with Crippen molar-refractivity contribution in [2.24, 2.45) is 0 Å². The summed E-state index contributed by atoms with van der Waals surface area (Å²) in [5.41, 5.74) is 1.61. The molecule has 3 N–H and O–H groups in total. The topological polar surface area (TPSA) is 188 Å². The predicted octanol–water partition coefficient (Wildman–Crippen LogP) is 4.45. The Bertz CT molecular complexity index is 1460. The van der Waals surface area contributed by atoms with E-state index in [9.17, 15) is 13.2 Å². The highest BCUT2D eigenvalue weighted by molar-refractivity contribution is 7.92. The van der Waals surface area contributed by atoms with E-state index < -0.39 is 21.6 Å². The summed E-state index contributed by atoms with van der Waals surface area (Å²) >= 11 is 0. The summed E-state index contributed by atoms with van der Waals surface area (Å²) in [5, 5.41) is 16.5. The van der Waals surface area contributed by atoms with E-state index in [2.05, 4.69) is 19.5 Å². The van der Waals surface area contributed by atoms with Gasteiger partial charge in [-0.15, -0.1) is 0 Å². The molecule has 0 atom stereocenters. The number of methoxy groups -OCH3 is 1. The van der Waals surface area contributed by atoms with Crippen LogP contribution in [-0.4, -0.2) is 73.9 Å². The lowest BCUT2D eigenvalue weighted by atomic mass is 9.87. The fourth-order valence-electron chi connectivity index (χ4n) is 3.59. The third-order valence-corrected chi connectivity index (χ3v) is 7.07. The first kappa shape index (κ1) is 34.4. The van der Waals surface area contributed by atoms with Crippen LogP contribution >= 0.6 is 0 Å². The second kappa shape index (κ2) is 16.1. The summed E-state index contributed by atoms with van der Waals surface area (Å²) in [6.07, 6.45) is 0.287. The number of nitrogens with one attached hydrogen (secondary N) is 1. The van der Waals surface area contributed by atoms with E-state index in [1.165, 1.54) is 12.1 Å². The van der Waals surface area contributed by atoms with Gasteiger partial charge >= 0.3 is 6.16 Å². The van der Waals surface area contributed by atoms with E-state index in [0.29, 0.717) is 12.4 Å². The van der Waals surface area contributed by atoms with E-state index >= 15 is 0 Å². The summed E-state index contributed by atoms with van der Waals surface area (Å²) in [6.45, 7) is 5.75. The number of ether oxygens (including phenoxy) is 5. The highest BCUT2D eigenvalue weighted by Crippen LogP contribution is 2.37. The molecule has 3 rings (SSSR count). The van der Waals surface area contributed by atoms with Crippen LogP contribution in [0, 0.1) is 0 Å². The van der Waals surface area contributed by atoms with E-state index in [4.69, 9.17) is 34.1 Å². The number of nitrogens with zero attached hydrogens (tertiary/aromatic N) is 3. The lowest BCUT2D eigenvalue weighted by Crippen LogP contribution is -2.18. The van der Waals surface area contributed by atoms with Crippen LogP contribution < -0.4 is 14.2 Å². The zero-order valence-electron chi connectivity index (χ0n) is 24.8. The molecule has 0 aliphatic heterocycles. The van der Waals surface area contributed by atoms with Crippen LogP contribution in [0.1, 0.15) is 38.3 Å². The second-order valence-corrected chi connectivity index (χ2v) is 11.8. The highest BCUT2D eigenvalue weighted by atomic mass is 32.2. The maximum absolute atomic E-state index is 13.3. The van der Waals surface area contributed by atoms with Crippen molar-refractivity contribution >= 4 is 22.0 Å². The Hall–Kier alpha value is -4.06. The van der Waals surface area contributed by atoms with Gasteiger partial charge in [-0.05, 0) is 40.8 Å². The number of benzene rings is 2. The average Bonchev–Trinajstić information content (AvgIpc) is 2.96. The van der Waals surface area contributed by atoms with Crippen LogP contribution in [0.2, 0.25) is 0 Å². The first-order valence-electron chi connectivity index (χ1n) is 13.4. The van der Waals surface area contributed by atoms with Gasteiger partial charge in [0.1, 0.15) is 25.3 Å². The Morgan fingerprint density at radius 3 is 2.39 bits per heavy atom. The van der Waals surface area contributed by atoms with Crippen molar-refractivity contribution in [3.05, 3.63) is 66.0 Å². The number of anilines is 1. The van der Waals surface area contributed by atoms with Gasteiger partial charge in [-0.1, -0.05) is 45.0 Å². The first-order valence-corrected chi connectivity index (χ1v) is 14.8. The molecule has 0 amide bonds. The summed E-state index contributed by atoms with van der Waals surface area (Å²) in [5.74, 6) is -0.0895. The number of sulfonamides is 1. The number of hydrogen-bond donors (Lipinski definition) is 3. The van der Waals surface area contributed by atoms with Gasteiger partial charge in [0.15, 0.2) is 5.82 Å². The minimum Gasteiger partial charge on any atom is -0.471 e. The molecule has 0 radical (unpaired) electrons. The standard InChI is InChI=1S/C28H36N4O11S/c1-28(2,3)21-9-11-23(12-10-21)44(36,37)31-25-24(43-22-8-5-7-20(17-22)18-38-4)26(30-19-29-25)39-15-16-41-27(33)40-13-6-14-42-32(34)35/h5,7-12,17,19,34-35H,6,13-16,18H2,1-4H3,(H,29,30,31). The molecule has 0 saturated heterocycles. The van der Waals surface area contributed by atoms with Gasteiger partial charge in [0.2, 0.25) is 5.75 Å². The third kappa shape index (κ3) is 10.9. The minimum atomic E-state index is -4.10. The number of rotatable bonds is 16. The van der Waals surface area contributed by atoms with E-state index in [1.54, 1.807) is 37.4 Å². The highest BCUT2D eigenvalue weighted by Gasteiger charge is 2.23. The second-order valence-electron chi connectivity index (χ2n) is 10.2. The molecule has 0 fully saturated rings. The van der Waals surface area contributed by atoms with Crippen LogP contribution in [-0.2, 0) is 41.1 Å². The van der Waals surface area contributed by atoms with Crippen molar-refractivity contribution in [3.63, 3.8) is 0 Å². The maximum Gasteiger partial charge on any atom is 0.508 e. The van der Waals surface area contributed by atoms with Gasteiger partial charge < -0.3 is 23.7 Å². The largest absolute Gasteiger partial charge is 0.508 e. The molecule has 0 bridgehead atoms. The zero-order chi connectivity index (χ0) is 32.2. The molecule has 16 heteroatoms. The summed E-state index contributed by atoms with van der Waals surface area (Å²) in [6, 6.07) is 13.4. The van der Waals surface area contributed by atoms with Crippen LogP contribution in [0.15, 0.2) is 59.8 Å². The van der Waals surface area contributed by atoms with Crippen molar-refractivity contribution in [1.29, 1.82) is 0 Å². The normalized spacial score (nSPS) is 11.7. The Kier molecular flexibility index (Phi) is 12.6. The molecule has 240 valence electrons. The molecule has 0 aliphatic rings. The van der Waals surface area contributed by atoms with Gasteiger partial charge in [0.05, 0.1) is 30.1 Å². The molecule has 0 unspecified atom stereocenters. The molecular formula is C28H36N4O11S. The van der Waals surface area contributed by atoms with Crippen LogP contribution in [0.25, 0.3) is 0 Å². The van der Waals surface area contributed by atoms with E-state index in [1.807, 2.05) is 26.8 Å². The van der Waals surface area contributed by atoms with Gasteiger partial charge in [-0.3, -0.25) is 20.0 Å². The number of carbonyl (C=O) groups excluding carboxylic acids is 1. The molecule has 15 nitrogen and oxygen atoms in total. The number of carbonyl (C=O) groups is 1. The molecule has 0 spiro atoms. The summed E-state index contributed by atoms with van der Waals surface area (Å²) < 4.78 is 55.8. The molecule has 3 aromatic rings. The number of aromatic nitrogens is 2. The van der Waals surface area contributed by atoms with Gasteiger partial charge in [0.25, 0.3) is 15.9 Å². The van der Waals surface area contributed by atoms with Crippen molar-refractivity contribution in [3.8, 4) is 17.4 Å². The lowest BCUT2D eigenvalue weighted by Gasteiger charge is -2.19. The smallest absolute Gasteiger partial charge is 0.471 e. The van der Waals surface area contributed by atoms with Crippen molar-refractivity contribution < 1.29 is 52.1 Å². The zero-order valence-corrected chi connectivity index (χ0v) is 25.6. The Labute approximate surface area is 255 Å². The van der Waals surface area contributed by atoms with Gasteiger partial charge in [-0.25, -0.2) is 18.2 Å². The predicted molar refractivity (Wildman–Crippen MR) is 154 cm³/mol. The number of hydrogen-bond acceptors (Lipinski definition) is 14. The van der Waals surface area contributed by atoms with Crippen LogP contribution in [0.3, 0.4) is 0 Å². The van der Waals surface area contributed by atoms with Crippen LogP contribution in [0.4, 0.5) is 10.6 Å². The van der Waals surface area contributed by atoms with Crippen LogP contribution in [0.5, 0.6) is 17.4 Å². The van der Waals surface area contributed by atoms with Crippen molar-refractivity contribution in [2.75, 3.05) is 38.3 Å². The molecule has 0 saturated carbocycles. The van der Waals surface area contributed by atoms with E-state index in [0.717, 1.165) is 17.5 Å². The SMILES string of the molecule is COCc1cccc(Oc2c(NS(=O)(=O)c3ccc(C(C)(C)C)cc3)ncnc2OCCOC(=O)OCCCON(O)O)c1. The first-order chi connectivity index (χ1) is 20.9. The molecular weight excluding hydrogens is 600 g/mol. The van der Waals surface area contributed by atoms with Crippen molar-refractivity contribution in [2.45, 2.75) is 44.1 Å². The summed E-state index contributed by atoms with van der Waals surface area (Å²) in [7, 11) is -2.55. The van der Waals surface area contributed by atoms with Gasteiger partial charge in [0, 0.05) is 13.5 Å². The summed E-state index contributed by atoms with van der Waals surface area (Å²) in [4.78, 5) is 24.3. The van der Waals surface area contributed by atoms with Crippen molar-refractivity contribution in [1.82, 2.24) is 15.4 Å². The monoisotopic (exact) mass is 636 g/mol. The molecule has 1 heterocycles. The maximum atomic E-state index is 13.3. The van der Waals surface area contributed by atoms with E-state index in [-0.39, 0.29) is 60.6 Å². The quantitative estimate of drug-likeness (QED) is 0.114. The average molecular weight is 637 g/mol. The fourth-order valence-corrected chi connectivity index (χ4v) is 4.61. The molecule has 0 aliphatic carbocycles. The molecule has 1 aromatic heterocycles. The fraction of sp³-hybridized carbons (Fsp3) is 0.393. The minimum absolute atomic E-state index is 0.0168. The Morgan fingerprint density at radius 2 is 1.70 bits per heavy atom.